The normalized spacial score (nSPS) is 13.0. The molecule has 0 radical (unpaired) electrons. The Balaban J connectivity index is 1.24. The van der Waals surface area contributed by atoms with Crippen LogP contribution in [0.1, 0.15) is 25.3 Å². The van der Waals surface area contributed by atoms with Crippen LogP contribution < -0.4 is 15.4 Å². The van der Waals surface area contributed by atoms with Crippen LogP contribution in [0.2, 0.25) is 0 Å². The Morgan fingerprint density at radius 2 is 1.76 bits per heavy atom. The van der Waals surface area contributed by atoms with Crippen molar-refractivity contribution in [2.24, 2.45) is 0 Å². The Labute approximate surface area is 197 Å². The molecule has 0 unspecified atom stereocenters. The summed E-state index contributed by atoms with van der Waals surface area (Å²) in [6, 6.07) is 23.7. The van der Waals surface area contributed by atoms with Crippen molar-refractivity contribution in [1.82, 2.24) is 15.5 Å². The summed E-state index contributed by atoms with van der Waals surface area (Å²) in [4.78, 5) is 11.1. The molecule has 1 aliphatic rings. The van der Waals surface area contributed by atoms with Crippen molar-refractivity contribution in [3.8, 4) is 33.9 Å². The van der Waals surface area contributed by atoms with Gasteiger partial charge in [0.1, 0.15) is 11.5 Å². The van der Waals surface area contributed by atoms with E-state index in [0.29, 0.717) is 17.4 Å². The Morgan fingerprint density at radius 3 is 2.44 bits per heavy atom. The zero-order valence-corrected chi connectivity index (χ0v) is 18.8. The number of rotatable bonds is 8. The van der Waals surface area contributed by atoms with Gasteiger partial charge in [-0.1, -0.05) is 36.4 Å². The Hall–Kier alpha value is -4.10. The van der Waals surface area contributed by atoms with E-state index in [2.05, 4.69) is 45.1 Å². The zero-order valence-electron chi connectivity index (χ0n) is 18.8. The Morgan fingerprint density at radius 1 is 1.03 bits per heavy atom. The first kappa shape index (κ1) is 21.7. The number of anilines is 2. The third-order valence-corrected chi connectivity index (χ3v) is 5.71. The van der Waals surface area contributed by atoms with E-state index in [1.54, 1.807) is 12.1 Å². The van der Waals surface area contributed by atoms with Gasteiger partial charge in [-0.05, 0) is 53.8 Å². The van der Waals surface area contributed by atoms with Gasteiger partial charge in [-0.2, -0.15) is 5.10 Å². The first-order valence-electron chi connectivity index (χ1n) is 11.3. The molecule has 0 aliphatic heterocycles. The van der Waals surface area contributed by atoms with Crippen molar-refractivity contribution < 1.29 is 14.6 Å². The Bertz CT molecular complexity index is 1290. The minimum absolute atomic E-state index is 0.0499. The lowest BCUT2D eigenvalue weighted by Gasteiger charge is -2.08. The van der Waals surface area contributed by atoms with E-state index in [1.165, 1.54) is 31.4 Å². The molecule has 0 amide bonds. The summed E-state index contributed by atoms with van der Waals surface area (Å²) >= 11 is 0. The molecular weight excluding hydrogens is 428 g/mol. The van der Waals surface area contributed by atoms with Crippen LogP contribution in [-0.2, 0) is 11.3 Å². The highest BCUT2D eigenvalue weighted by Crippen LogP contribution is 2.34. The molecule has 0 spiro atoms. The lowest BCUT2D eigenvalue weighted by atomic mass is 10.0. The van der Waals surface area contributed by atoms with E-state index in [-0.39, 0.29) is 5.75 Å². The summed E-state index contributed by atoms with van der Waals surface area (Å²) in [6.07, 6.45) is 2.58. The molecule has 0 atom stereocenters. The zero-order chi connectivity index (χ0) is 23.5. The lowest BCUT2D eigenvalue weighted by molar-refractivity contribution is -0.131. The molecule has 7 nitrogen and oxygen atoms in total. The summed E-state index contributed by atoms with van der Waals surface area (Å²) in [5.74, 6) is 0.672. The number of benzene rings is 3. The lowest BCUT2D eigenvalue weighted by Crippen LogP contribution is -2.15. The number of carbonyl (C=O) groups excluding carboxylic acids is 1. The topological polar surface area (TPSA) is 99.3 Å². The Kier molecular flexibility index (Phi) is 6.01. The third kappa shape index (κ3) is 5.27. The monoisotopic (exact) mass is 454 g/mol. The molecule has 172 valence electrons. The largest absolute Gasteiger partial charge is 0.507 e. The molecule has 4 aromatic rings. The number of aromatic nitrogens is 2. The van der Waals surface area contributed by atoms with Crippen LogP contribution in [0.4, 0.5) is 11.5 Å². The molecule has 0 saturated heterocycles. The fraction of sp³-hybridized carbons (Fsp3) is 0.185. The van der Waals surface area contributed by atoms with Crippen LogP contribution in [0.5, 0.6) is 11.5 Å². The number of nitrogens with zero attached hydrogens (tertiary/aromatic N) is 1. The number of phenols is 1. The van der Waals surface area contributed by atoms with Gasteiger partial charge in [0.2, 0.25) is 0 Å². The summed E-state index contributed by atoms with van der Waals surface area (Å²) in [5.41, 5.74) is 5.62. The summed E-state index contributed by atoms with van der Waals surface area (Å²) in [6.45, 7) is 2.23. The first-order chi connectivity index (χ1) is 16.5. The highest BCUT2D eigenvalue weighted by atomic mass is 16.5. The highest BCUT2D eigenvalue weighted by Gasteiger charge is 2.19. The molecule has 1 saturated carbocycles. The smallest absolute Gasteiger partial charge is 0.308 e. The van der Waals surface area contributed by atoms with E-state index in [1.807, 2.05) is 30.3 Å². The van der Waals surface area contributed by atoms with Crippen molar-refractivity contribution in [2.75, 3.05) is 5.32 Å². The van der Waals surface area contributed by atoms with Gasteiger partial charge in [-0.25, -0.2) is 0 Å². The predicted molar refractivity (Wildman–Crippen MR) is 132 cm³/mol. The maximum Gasteiger partial charge on any atom is 0.308 e. The van der Waals surface area contributed by atoms with Gasteiger partial charge in [-0.15, -0.1) is 0 Å². The quantitative estimate of drug-likeness (QED) is 0.211. The number of hydrogen-bond donors (Lipinski definition) is 4. The molecule has 4 N–H and O–H groups in total. The van der Waals surface area contributed by atoms with Crippen LogP contribution in [0.3, 0.4) is 0 Å². The fourth-order valence-electron chi connectivity index (χ4n) is 3.75. The maximum absolute atomic E-state index is 11.1. The van der Waals surface area contributed by atoms with E-state index < -0.39 is 5.97 Å². The number of carbonyl (C=O) groups is 1. The first-order valence-corrected chi connectivity index (χ1v) is 11.3. The van der Waals surface area contributed by atoms with Crippen LogP contribution in [0.15, 0.2) is 72.8 Å². The number of phenolic OH excluding ortho intramolecular Hbond substituents is 1. The van der Waals surface area contributed by atoms with E-state index >= 15 is 0 Å². The van der Waals surface area contributed by atoms with Crippen LogP contribution in [0, 0.1) is 0 Å². The van der Waals surface area contributed by atoms with Crippen LogP contribution in [-0.4, -0.2) is 27.3 Å². The number of nitrogens with one attached hydrogen (secondary N) is 3. The number of aromatic hydroxyl groups is 1. The minimum Gasteiger partial charge on any atom is -0.507 e. The van der Waals surface area contributed by atoms with Crippen molar-refractivity contribution in [3.05, 3.63) is 78.4 Å². The second-order valence-electron chi connectivity index (χ2n) is 8.49. The van der Waals surface area contributed by atoms with Crippen molar-refractivity contribution in [1.29, 1.82) is 0 Å². The second-order valence-corrected chi connectivity index (χ2v) is 8.49. The molecule has 3 aromatic carbocycles. The van der Waals surface area contributed by atoms with Crippen LogP contribution in [0.25, 0.3) is 22.4 Å². The molecule has 1 fully saturated rings. The molecular formula is C27H26N4O3. The van der Waals surface area contributed by atoms with Gasteiger partial charge in [-0.3, -0.25) is 9.89 Å². The SMILES string of the molecule is CC(=O)Oc1ccc(-c2ccc(-c3cc(Nc4ccc(CNC5CC5)cc4)n[nH]3)cc2)c(O)c1. The molecule has 1 heterocycles. The predicted octanol–water partition coefficient (Wildman–Crippen LogP) is 5.37. The molecule has 0 bridgehead atoms. The summed E-state index contributed by atoms with van der Waals surface area (Å²) in [5, 5.41) is 24.6. The molecule has 7 heteroatoms. The minimum atomic E-state index is -0.428. The number of H-pyrrole nitrogens is 1. The van der Waals surface area contributed by atoms with Gasteiger partial charge in [0.15, 0.2) is 5.82 Å². The highest BCUT2D eigenvalue weighted by molar-refractivity contribution is 5.76. The fourth-order valence-corrected chi connectivity index (χ4v) is 3.75. The van der Waals surface area contributed by atoms with Gasteiger partial charge >= 0.3 is 5.97 Å². The van der Waals surface area contributed by atoms with E-state index in [9.17, 15) is 9.90 Å². The van der Waals surface area contributed by atoms with Crippen LogP contribution >= 0.6 is 0 Å². The second kappa shape index (κ2) is 9.41. The molecule has 1 aromatic heterocycles. The van der Waals surface area contributed by atoms with Gasteiger partial charge in [0, 0.05) is 42.9 Å². The summed E-state index contributed by atoms with van der Waals surface area (Å²) < 4.78 is 5.02. The van der Waals surface area contributed by atoms with Gasteiger partial charge < -0.3 is 20.5 Å². The van der Waals surface area contributed by atoms with Gasteiger partial charge in [0.05, 0.1) is 5.69 Å². The summed E-state index contributed by atoms with van der Waals surface area (Å²) in [7, 11) is 0. The maximum atomic E-state index is 11.1. The number of ether oxygens (including phenoxy) is 1. The number of aromatic amines is 1. The van der Waals surface area contributed by atoms with Crippen molar-refractivity contribution >= 4 is 17.5 Å². The number of esters is 1. The van der Waals surface area contributed by atoms with E-state index in [4.69, 9.17) is 4.74 Å². The third-order valence-electron chi connectivity index (χ3n) is 5.71. The molecule has 1 aliphatic carbocycles. The van der Waals surface area contributed by atoms with Gasteiger partial charge in [0.25, 0.3) is 0 Å². The molecule has 34 heavy (non-hydrogen) atoms. The van der Waals surface area contributed by atoms with E-state index in [0.717, 1.165) is 34.9 Å². The average Bonchev–Trinajstić information content (AvgIpc) is 3.55. The molecule has 5 rings (SSSR count). The standard InChI is InChI=1S/C27H26N4O3/c1-17(32)34-23-12-13-24(26(33)14-23)19-4-6-20(7-5-19)25-15-27(31-30-25)29-22-8-2-18(3-9-22)16-28-21-10-11-21/h2-9,12-15,21,28,33H,10-11,16H2,1H3,(H2,29,30,31). The number of hydrogen-bond acceptors (Lipinski definition) is 6. The van der Waals surface area contributed by atoms with Crippen molar-refractivity contribution in [3.63, 3.8) is 0 Å². The van der Waals surface area contributed by atoms with Crippen molar-refractivity contribution in [2.45, 2.75) is 32.4 Å². The average molecular weight is 455 g/mol.